The Kier molecular flexibility index (Phi) is 3.44. The number of fused-ring (bicyclic) bond motifs is 3. The molecule has 0 bridgehead atoms. The Bertz CT molecular complexity index is 819. The van der Waals surface area contributed by atoms with Crippen LogP contribution >= 0.6 is 0 Å². The molecule has 2 heterocycles. The molecule has 5 nitrogen and oxygen atoms in total. The number of ketones is 1. The molecule has 0 spiro atoms. The molecule has 1 saturated carbocycles. The molecule has 1 aromatic heterocycles. The largest absolute Gasteiger partial charge is 0.493 e. The third-order valence-corrected chi connectivity index (χ3v) is 4.99. The van der Waals surface area contributed by atoms with Gasteiger partial charge in [-0.3, -0.25) is 9.59 Å². The van der Waals surface area contributed by atoms with Gasteiger partial charge in [-0.05, 0) is 25.1 Å². The van der Waals surface area contributed by atoms with Crippen LogP contribution in [0.5, 0.6) is 11.5 Å². The second-order valence-electron chi connectivity index (χ2n) is 6.43. The van der Waals surface area contributed by atoms with Gasteiger partial charge in [0.15, 0.2) is 11.5 Å². The maximum atomic E-state index is 12.7. The molecule has 1 fully saturated rings. The molecule has 0 radical (unpaired) electrons. The van der Waals surface area contributed by atoms with Gasteiger partial charge in [0.1, 0.15) is 17.3 Å². The maximum absolute atomic E-state index is 12.7. The van der Waals surface area contributed by atoms with E-state index in [0.29, 0.717) is 30.1 Å². The number of carbonyl (C=O) groups excluding carboxylic acids is 2. The molecule has 0 amide bonds. The minimum atomic E-state index is -0.409. The van der Waals surface area contributed by atoms with Crippen molar-refractivity contribution in [2.45, 2.75) is 31.6 Å². The zero-order valence-electron chi connectivity index (χ0n) is 13.6. The van der Waals surface area contributed by atoms with E-state index in [1.165, 1.54) is 7.11 Å². The highest BCUT2D eigenvalue weighted by Crippen LogP contribution is 2.52. The first kappa shape index (κ1) is 15.0. The van der Waals surface area contributed by atoms with E-state index in [1.807, 2.05) is 31.2 Å². The second-order valence-corrected chi connectivity index (χ2v) is 6.43. The molecule has 24 heavy (non-hydrogen) atoms. The summed E-state index contributed by atoms with van der Waals surface area (Å²) in [6.45, 7) is 1.85. The lowest BCUT2D eigenvalue weighted by atomic mass is 9.67. The molecule has 1 aliphatic heterocycles. The quantitative estimate of drug-likeness (QED) is 0.625. The normalized spacial score (nSPS) is 25.7. The van der Waals surface area contributed by atoms with Crippen LogP contribution in [-0.4, -0.2) is 18.9 Å². The Hall–Kier alpha value is -2.56. The van der Waals surface area contributed by atoms with Gasteiger partial charge in [-0.1, -0.05) is 12.1 Å². The molecule has 0 unspecified atom stereocenters. The second kappa shape index (κ2) is 5.51. The van der Waals surface area contributed by atoms with Crippen LogP contribution in [0.15, 0.2) is 34.7 Å². The van der Waals surface area contributed by atoms with Crippen molar-refractivity contribution in [3.05, 3.63) is 47.4 Å². The molecule has 3 atom stereocenters. The standard InChI is InChI=1S/C19H18O5/c1-10-6-7-15(23-10)14-9-11(20)8-13-12-4-3-5-16(22-2)18(12)24-19(21)17(13)14/h3-7,13-14,17H,8-9H2,1-2H3/t13-,14+,17+/m0/s1. The number of Topliss-reactive ketones (excluding diaryl/α,β-unsaturated/α-hetero) is 1. The molecule has 1 aromatic carbocycles. The summed E-state index contributed by atoms with van der Waals surface area (Å²) in [6, 6.07) is 9.23. The van der Waals surface area contributed by atoms with Crippen LogP contribution < -0.4 is 9.47 Å². The fourth-order valence-corrected chi connectivity index (χ4v) is 3.93. The summed E-state index contributed by atoms with van der Waals surface area (Å²) >= 11 is 0. The average molecular weight is 326 g/mol. The zero-order valence-corrected chi connectivity index (χ0v) is 13.6. The molecule has 2 aliphatic rings. The van der Waals surface area contributed by atoms with Gasteiger partial charge in [0.2, 0.25) is 0 Å². The van der Waals surface area contributed by atoms with Crippen molar-refractivity contribution in [3.63, 3.8) is 0 Å². The van der Waals surface area contributed by atoms with Crippen LogP contribution in [0.2, 0.25) is 0 Å². The van der Waals surface area contributed by atoms with Gasteiger partial charge in [0.05, 0.1) is 13.0 Å². The fourth-order valence-electron chi connectivity index (χ4n) is 3.93. The Labute approximate surface area is 139 Å². The van der Waals surface area contributed by atoms with Crippen molar-refractivity contribution in [2.24, 2.45) is 5.92 Å². The number of aryl methyl sites for hydroxylation is 1. The average Bonchev–Trinajstić information content (AvgIpc) is 3.00. The highest BCUT2D eigenvalue weighted by atomic mass is 16.6. The smallest absolute Gasteiger partial charge is 0.315 e. The number of furan rings is 1. The number of esters is 1. The van der Waals surface area contributed by atoms with Crippen LogP contribution in [0.4, 0.5) is 0 Å². The molecule has 0 saturated heterocycles. The first-order chi connectivity index (χ1) is 11.6. The van der Waals surface area contributed by atoms with Crippen LogP contribution in [0.25, 0.3) is 0 Å². The summed E-state index contributed by atoms with van der Waals surface area (Å²) in [4.78, 5) is 25.1. The van der Waals surface area contributed by atoms with E-state index in [-0.39, 0.29) is 23.6 Å². The molecule has 0 N–H and O–H groups in total. The van der Waals surface area contributed by atoms with Gasteiger partial charge in [-0.2, -0.15) is 0 Å². The number of para-hydroxylation sites is 1. The first-order valence-electron chi connectivity index (χ1n) is 8.05. The van der Waals surface area contributed by atoms with E-state index in [2.05, 4.69) is 0 Å². The highest BCUT2D eigenvalue weighted by molar-refractivity contribution is 5.89. The van der Waals surface area contributed by atoms with Gasteiger partial charge in [0.25, 0.3) is 0 Å². The van der Waals surface area contributed by atoms with E-state index in [9.17, 15) is 9.59 Å². The lowest BCUT2D eigenvalue weighted by molar-refractivity contribution is -0.145. The van der Waals surface area contributed by atoms with Gasteiger partial charge < -0.3 is 13.9 Å². The zero-order chi connectivity index (χ0) is 16.8. The van der Waals surface area contributed by atoms with E-state index in [0.717, 1.165) is 11.3 Å². The van der Waals surface area contributed by atoms with Crippen LogP contribution in [0, 0.1) is 12.8 Å². The minimum absolute atomic E-state index is 0.138. The van der Waals surface area contributed by atoms with Crippen LogP contribution in [0.1, 0.15) is 41.8 Å². The van der Waals surface area contributed by atoms with Crippen molar-refractivity contribution in [1.29, 1.82) is 0 Å². The molecular weight excluding hydrogens is 308 g/mol. The van der Waals surface area contributed by atoms with E-state index < -0.39 is 5.92 Å². The predicted octanol–water partition coefficient (Wildman–Crippen LogP) is 3.36. The molecule has 5 heteroatoms. The monoisotopic (exact) mass is 326 g/mol. The lowest BCUT2D eigenvalue weighted by Crippen LogP contribution is -2.41. The Morgan fingerprint density at radius 3 is 2.58 bits per heavy atom. The number of hydrogen-bond acceptors (Lipinski definition) is 5. The van der Waals surface area contributed by atoms with E-state index >= 15 is 0 Å². The Morgan fingerprint density at radius 2 is 1.88 bits per heavy atom. The maximum Gasteiger partial charge on any atom is 0.315 e. The SMILES string of the molecule is COc1cccc2c1OC(=O)[C@H]1[C@@H](c3ccc(C)o3)CC(=O)C[C@@H]21. The number of carbonyl (C=O) groups is 2. The van der Waals surface area contributed by atoms with Crippen molar-refractivity contribution in [3.8, 4) is 11.5 Å². The summed E-state index contributed by atoms with van der Waals surface area (Å²) in [6.07, 6.45) is 0.651. The molecular formula is C19H18O5. The third-order valence-electron chi connectivity index (χ3n) is 4.99. The summed E-state index contributed by atoms with van der Waals surface area (Å²) in [5.41, 5.74) is 0.861. The number of rotatable bonds is 2. The lowest BCUT2D eigenvalue weighted by Gasteiger charge is -2.39. The molecule has 1 aliphatic carbocycles. The highest BCUT2D eigenvalue weighted by Gasteiger charge is 2.49. The van der Waals surface area contributed by atoms with Crippen LogP contribution in [-0.2, 0) is 9.59 Å². The van der Waals surface area contributed by atoms with Gasteiger partial charge in [-0.25, -0.2) is 0 Å². The van der Waals surface area contributed by atoms with E-state index in [1.54, 1.807) is 6.07 Å². The van der Waals surface area contributed by atoms with E-state index in [4.69, 9.17) is 13.9 Å². The fraction of sp³-hybridized carbons (Fsp3) is 0.368. The minimum Gasteiger partial charge on any atom is -0.493 e. The summed E-state index contributed by atoms with van der Waals surface area (Å²) < 4.78 is 16.6. The summed E-state index contributed by atoms with van der Waals surface area (Å²) in [5.74, 6) is 1.34. The van der Waals surface area contributed by atoms with Crippen molar-refractivity contribution < 1.29 is 23.5 Å². The number of methoxy groups -OCH3 is 1. The molecule has 124 valence electrons. The topological polar surface area (TPSA) is 65.7 Å². The third kappa shape index (κ3) is 2.23. The summed E-state index contributed by atoms with van der Waals surface area (Å²) in [7, 11) is 1.54. The predicted molar refractivity (Wildman–Crippen MR) is 85.3 cm³/mol. The Morgan fingerprint density at radius 1 is 1.08 bits per heavy atom. The van der Waals surface area contributed by atoms with Crippen molar-refractivity contribution in [1.82, 2.24) is 0 Å². The Balaban J connectivity index is 1.81. The van der Waals surface area contributed by atoms with Crippen molar-refractivity contribution in [2.75, 3.05) is 7.11 Å². The van der Waals surface area contributed by atoms with Gasteiger partial charge in [0, 0.05) is 30.2 Å². The first-order valence-corrected chi connectivity index (χ1v) is 8.05. The van der Waals surface area contributed by atoms with Gasteiger partial charge in [-0.15, -0.1) is 0 Å². The number of hydrogen-bond donors (Lipinski definition) is 0. The number of benzene rings is 1. The van der Waals surface area contributed by atoms with Gasteiger partial charge >= 0.3 is 5.97 Å². The van der Waals surface area contributed by atoms with Crippen molar-refractivity contribution >= 4 is 11.8 Å². The molecule has 2 aromatic rings. The summed E-state index contributed by atoms with van der Waals surface area (Å²) in [5, 5.41) is 0. The number of ether oxygens (including phenoxy) is 2. The van der Waals surface area contributed by atoms with Crippen LogP contribution in [0.3, 0.4) is 0 Å². The molecule has 4 rings (SSSR count).